The number of rotatable bonds is 4. The van der Waals surface area contributed by atoms with Crippen LogP contribution in [0.1, 0.15) is 32.6 Å². The predicted molar refractivity (Wildman–Crippen MR) is 85.4 cm³/mol. The summed E-state index contributed by atoms with van der Waals surface area (Å²) in [5.74, 6) is 0.699. The van der Waals surface area contributed by atoms with Crippen molar-refractivity contribution in [2.45, 2.75) is 32.6 Å². The number of nitro benzene ring substituents is 1. The van der Waals surface area contributed by atoms with E-state index >= 15 is 0 Å². The molecule has 110 valence electrons. The highest BCUT2D eigenvalue weighted by Crippen LogP contribution is 2.32. The number of anilines is 1. The fraction of sp³-hybridized carbons (Fsp3) is 0.571. The molecule has 1 aliphatic carbocycles. The van der Waals surface area contributed by atoms with Gasteiger partial charge in [0.2, 0.25) is 0 Å². The van der Waals surface area contributed by atoms with Gasteiger partial charge in [-0.25, -0.2) is 4.39 Å². The summed E-state index contributed by atoms with van der Waals surface area (Å²) in [6.07, 6.45) is 4.81. The van der Waals surface area contributed by atoms with Crippen LogP contribution in [0.2, 0.25) is 0 Å². The minimum atomic E-state index is -0.464. The van der Waals surface area contributed by atoms with Crippen LogP contribution < -0.4 is 5.32 Å². The molecular formula is C14H18FIN2O2. The van der Waals surface area contributed by atoms with Crippen LogP contribution in [0.4, 0.5) is 15.8 Å². The van der Waals surface area contributed by atoms with Crippen molar-refractivity contribution in [2.24, 2.45) is 11.8 Å². The summed E-state index contributed by atoms with van der Waals surface area (Å²) in [6.45, 7) is 2.89. The average Bonchev–Trinajstić information content (AvgIpc) is 2.41. The number of hydrogen-bond donors (Lipinski definition) is 1. The maximum absolute atomic E-state index is 13.6. The molecule has 1 aliphatic rings. The Labute approximate surface area is 131 Å². The van der Waals surface area contributed by atoms with Crippen LogP contribution in [0, 0.1) is 31.3 Å². The molecule has 1 fully saturated rings. The Kier molecular flexibility index (Phi) is 5.17. The van der Waals surface area contributed by atoms with Gasteiger partial charge in [0.1, 0.15) is 11.5 Å². The van der Waals surface area contributed by atoms with E-state index in [1.54, 1.807) is 22.6 Å². The monoisotopic (exact) mass is 392 g/mol. The summed E-state index contributed by atoms with van der Waals surface area (Å²) in [6, 6.07) is 2.51. The van der Waals surface area contributed by atoms with Gasteiger partial charge in [-0.3, -0.25) is 10.1 Å². The van der Waals surface area contributed by atoms with Crippen LogP contribution in [0.15, 0.2) is 12.1 Å². The molecule has 2 rings (SSSR count). The summed E-state index contributed by atoms with van der Waals surface area (Å²) in [5, 5.41) is 14.1. The standard InChI is InChI=1S/C14H18FIN2O2/c1-9-4-2-3-5-10(9)8-17-13-6-11(15)12(16)7-14(13)18(19)20/h6-7,9-10,17H,2-5,8H2,1H3. The Morgan fingerprint density at radius 2 is 2.15 bits per heavy atom. The number of hydrogen-bond acceptors (Lipinski definition) is 3. The van der Waals surface area contributed by atoms with Crippen LogP contribution in [0.5, 0.6) is 0 Å². The topological polar surface area (TPSA) is 55.2 Å². The SMILES string of the molecule is CC1CCCCC1CNc1cc(F)c(I)cc1[N+](=O)[O-]. The van der Waals surface area contributed by atoms with Gasteiger partial charge < -0.3 is 5.32 Å². The lowest BCUT2D eigenvalue weighted by molar-refractivity contribution is -0.384. The Morgan fingerprint density at radius 1 is 1.45 bits per heavy atom. The lowest BCUT2D eigenvalue weighted by atomic mass is 9.80. The number of halogens is 2. The molecule has 1 N–H and O–H groups in total. The van der Waals surface area contributed by atoms with E-state index in [1.165, 1.54) is 31.4 Å². The first-order chi connectivity index (χ1) is 9.49. The Morgan fingerprint density at radius 3 is 2.80 bits per heavy atom. The molecule has 0 saturated heterocycles. The number of nitro groups is 1. The molecule has 1 saturated carbocycles. The summed E-state index contributed by atoms with van der Waals surface area (Å²) >= 11 is 1.77. The zero-order valence-corrected chi connectivity index (χ0v) is 13.5. The van der Waals surface area contributed by atoms with Crippen molar-refractivity contribution in [1.29, 1.82) is 0 Å². The van der Waals surface area contributed by atoms with Crippen molar-refractivity contribution in [3.05, 3.63) is 31.6 Å². The van der Waals surface area contributed by atoms with Gasteiger partial charge in [-0.05, 0) is 40.8 Å². The summed E-state index contributed by atoms with van der Waals surface area (Å²) in [4.78, 5) is 10.6. The van der Waals surface area contributed by atoms with E-state index in [-0.39, 0.29) is 14.9 Å². The first kappa shape index (κ1) is 15.5. The molecule has 0 aromatic heterocycles. The second kappa shape index (κ2) is 6.69. The van der Waals surface area contributed by atoms with Crippen molar-refractivity contribution in [1.82, 2.24) is 0 Å². The van der Waals surface area contributed by atoms with Gasteiger partial charge in [-0.1, -0.05) is 26.2 Å². The molecular weight excluding hydrogens is 374 g/mol. The molecule has 2 atom stereocenters. The molecule has 1 aromatic rings. The summed E-state index contributed by atoms with van der Waals surface area (Å²) < 4.78 is 13.9. The van der Waals surface area contributed by atoms with Crippen LogP contribution in [0.25, 0.3) is 0 Å². The van der Waals surface area contributed by atoms with E-state index in [4.69, 9.17) is 0 Å². The minimum Gasteiger partial charge on any atom is -0.379 e. The zero-order chi connectivity index (χ0) is 14.7. The predicted octanol–water partition coefficient (Wildman–Crippen LogP) is 4.58. The van der Waals surface area contributed by atoms with E-state index in [2.05, 4.69) is 12.2 Å². The van der Waals surface area contributed by atoms with Gasteiger partial charge in [-0.2, -0.15) is 0 Å². The van der Waals surface area contributed by atoms with Crippen LogP contribution >= 0.6 is 22.6 Å². The molecule has 0 heterocycles. The van der Waals surface area contributed by atoms with E-state index in [1.807, 2.05) is 0 Å². The van der Waals surface area contributed by atoms with E-state index < -0.39 is 10.7 Å². The Bertz CT molecular complexity index is 510. The fourth-order valence-corrected chi connectivity index (χ4v) is 3.22. The highest BCUT2D eigenvalue weighted by molar-refractivity contribution is 14.1. The fourth-order valence-electron chi connectivity index (χ4n) is 2.77. The molecule has 4 nitrogen and oxygen atoms in total. The van der Waals surface area contributed by atoms with Crippen LogP contribution in [-0.2, 0) is 0 Å². The number of nitrogens with zero attached hydrogens (tertiary/aromatic N) is 1. The van der Waals surface area contributed by atoms with E-state index in [0.717, 1.165) is 6.42 Å². The maximum Gasteiger partial charge on any atom is 0.293 e. The lowest BCUT2D eigenvalue weighted by Gasteiger charge is -2.29. The smallest absolute Gasteiger partial charge is 0.293 e. The third-order valence-electron chi connectivity index (χ3n) is 4.08. The Hall–Kier alpha value is -0.920. The third kappa shape index (κ3) is 3.59. The van der Waals surface area contributed by atoms with Gasteiger partial charge in [0, 0.05) is 18.7 Å². The summed E-state index contributed by atoms with van der Waals surface area (Å²) in [7, 11) is 0. The highest BCUT2D eigenvalue weighted by Gasteiger charge is 2.23. The molecule has 0 bridgehead atoms. The first-order valence-corrected chi connectivity index (χ1v) is 7.94. The molecule has 1 aromatic carbocycles. The molecule has 0 spiro atoms. The Balaban J connectivity index is 2.12. The summed E-state index contributed by atoms with van der Waals surface area (Å²) in [5.41, 5.74) is 0.227. The number of nitrogens with one attached hydrogen (secondary N) is 1. The van der Waals surface area contributed by atoms with Crippen molar-refractivity contribution in [2.75, 3.05) is 11.9 Å². The van der Waals surface area contributed by atoms with Crippen LogP contribution in [0.3, 0.4) is 0 Å². The van der Waals surface area contributed by atoms with Gasteiger partial charge in [-0.15, -0.1) is 0 Å². The molecule has 0 radical (unpaired) electrons. The largest absolute Gasteiger partial charge is 0.379 e. The molecule has 0 aliphatic heterocycles. The second-order valence-corrected chi connectivity index (χ2v) is 6.61. The normalized spacial score (nSPS) is 22.6. The maximum atomic E-state index is 13.6. The molecule has 2 unspecified atom stereocenters. The second-order valence-electron chi connectivity index (χ2n) is 5.44. The van der Waals surface area contributed by atoms with Gasteiger partial charge in [0.15, 0.2) is 0 Å². The molecule has 20 heavy (non-hydrogen) atoms. The van der Waals surface area contributed by atoms with Crippen LogP contribution in [-0.4, -0.2) is 11.5 Å². The van der Waals surface area contributed by atoms with Gasteiger partial charge in [0.05, 0.1) is 8.49 Å². The third-order valence-corrected chi connectivity index (χ3v) is 4.91. The highest BCUT2D eigenvalue weighted by atomic mass is 127. The first-order valence-electron chi connectivity index (χ1n) is 6.86. The number of benzene rings is 1. The quantitative estimate of drug-likeness (QED) is 0.464. The lowest BCUT2D eigenvalue weighted by Crippen LogP contribution is -2.24. The molecule has 0 amide bonds. The zero-order valence-electron chi connectivity index (χ0n) is 11.4. The van der Waals surface area contributed by atoms with Crippen molar-refractivity contribution >= 4 is 34.0 Å². The molecule has 6 heteroatoms. The van der Waals surface area contributed by atoms with Gasteiger partial charge in [0.25, 0.3) is 5.69 Å². The average molecular weight is 392 g/mol. The van der Waals surface area contributed by atoms with Gasteiger partial charge >= 0.3 is 0 Å². The van der Waals surface area contributed by atoms with Crippen molar-refractivity contribution < 1.29 is 9.31 Å². The van der Waals surface area contributed by atoms with Crippen molar-refractivity contribution in [3.8, 4) is 0 Å². The van der Waals surface area contributed by atoms with Crippen molar-refractivity contribution in [3.63, 3.8) is 0 Å². The van der Waals surface area contributed by atoms with E-state index in [0.29, 0.717) is 18.4 Å². The minimum absolute atomic E-state index is 0.0562. The van der Waals surface area contributed by atoms with E-state index in [9.17, 15) is 14.5 Å².